The highest BCUT2D eigenvalue weighted by Crippen LogP contribution is 2.16. The van der Waals surface area contributed by atoms with Crippen LogP contribution in [0.3, 0.4) is 0 Å². The summed E-state index contributed by atoms with van der Waals surface area (Å²) >= 11 is 0. The van der Waals surface area contributed by atoms with Crippen molar-refractivity contribution in [2.24, 2.45) is 0 Å². The molecule has 1 aromatic carbocycles. The summed E-state index contributed by atoms with van der Waals surface area (Å²) in [6.45, 7) is 3.94. The number of nitrogens with two attached hydrogens (primary N) is 1. The Morgan fingerprint density at radius 1 is 1.44 bits per heavy atom. The lowest BCUT2D eigenvalue weighted by atomic mass is 10.2. The Bertz CT molecular complexity index is 447. The van der Waals surface area contributed by atoms with Gasteiger partial charge >= 0.3 is 0 Å². The molecule has 3 N–H and O–H groups in total. The first kappa shape index (κ1) is 14.7. The zero-order valence-corrected chi connectivity index (χ0v) is 11.7. The van der Waals surface area contributed by atoms with Crippen LogP contribution >= 0.6 is 0 Å². The fourth-order valence-electron chi connectivity index (χ4n) is 1.44. The molecule has 0 aliphatic heterocycles. The van der Waals surface area contributed by atoms with Crippen LogP contribution in [0.25, 0.3) is 0 Å². The third-order valence-corrected chi connectivity index (χ3v) is 3.91. The van der Waals surface area contributed by atoms with Crippen molar-refractivity contribution >= 4 is 28.1 Å². The molecule has 0 saturated carbocycles. The van der Waals surface area contributed by atoms with E-state index in [1.54, 1.807) is 12.1 Å². The molecule has 100 valence electrons. The van der Waals surface area contributed by atoms with E-state index in [2.05, 4.69) is 5.32 Å². The molecule has 0 radical (unpaired) electrons. The maximum absolute atomic E-state index is 11.6. The van der Waals surface area contributed by atoms with Crippen LogP contribution in [0.2, 0.25) is 0 Å². The van der Waals surface area contributed by atoms with Gasteiger partial charge in [-0.05, 0) is 31.0 Å². The summed E-state index contributed by atoms with van der Waals surface area (Å²) in [5, 5.41) is 2.71. The minimum absolute atomic E-state index is 0.0494. The first-order chi connectivity index (χ1) is 8.52. The molecule has 0 bridgehead atoms. The second-order valence-electron chi connectivity index (χ2n) is 4.26. The van der Waals surface area contributed by atoms with Crippen LogP contribution in [0.15, 0.2) is 18.2 Å². The van der Waals surface area contributed by atoms with Crippen LogP contribution in [0.5, 0.6) is 0 Å². The van der Waals surface area contributed by atoms with Crippen LogP contribution in [0.1, 0.15) is 25.3 Å². The van der Waals surface area contributed by atoms with Crippen LogP contribution in [0.4, 0.5) is 11.4 Å². The molecule has 0 aliphatic rings. The highest BCUT2D eigenvalue weighted by atomic mass is 32.2. The minimum Gasteiger partial charge on any atom is -0.398 e. The van der Waals surface area contributed by atoms with Crippen molar-refractivity contribution in [1.29, 1.82) is 0 Å². The molecule has 0 heterocycles. The van der Waals surface area contributed by atoms with Crippen LogP contribution in [-0.4, -0.2) is 21.6 Å². The van der Waals surface area contributed by atoms with Gasteiger partial charge in [0.2, 0.25) is 5.91 Å². The lowest BCUT2D eigenvalue weighted by Gasteiger charge is -2.07. The number of hydrogen-bond donors (Lipinski definition) is 2. The van der Waals surface area contributed by atoms with Gasteiger partial charge in [-0.1, -0.05) is 19.4 Å². The SMILES string of the molecule is CCCCS(=O)CC(=O)Nc1ccc(C)c(N)c1. The monoisotopic (exact) mass is 268 g/mol. The van der Waals surface area contributed by atoms with E-state index >= 15 is 0 Å². The van der Waals surface area contributed by atoms with Gasteiger partial charge in [-0.3, -0.25) is 9.00 Å². The summed E-state index contributed by atoms with van der Waals surface area (Å²) in [5.41, 5.74) is 8.01. The van der Waals surface area contributed by atoms with Gasteiger partial charge in [-0.25, -0.2) is 0 Å². The number of amides is 1. The molecule has 0 spiro atoms. The van der Waals surface area contributed by atoms with Gasteiger partial charge in [0.1, 0.15) is 5.75 Å². The predicted molar refractivity (Wildman–Crippen MR) is 77.0 cm³/mol. The lowest BCUT2D eigenvalue weighted by molar-refractivity contribution is -0.113. The average molecular weight is 268 g/mol. The van der Waals surface area contributed by atoms with Gasteiger partial charge < -0.3 is 11.1 Å². The molecule has 1 amide bonds. The van der Waals surface area contributed by atoms with E-state index in [0.717, 1.165) is 18.4 Å². The highest BCUT2D eigenvalue weighted by molar-refractivity contribution is 7.85. The molecule has 1 atom stereocenters. The maximum Gasteiger partial charge on any atom is 0.236 e. The Morgan fingerprint density at radius 2 is 2.17 bits per heavy atom. The van der Waals surface area contributed by atoms with Gasteiger partial charge in [-0.15, -0.1) is 0 Å². The summed E-state index contributed by atoms with van der Waals surface area (Å²) in [7, 11) is -1.08. The topological polar surface area (TPSA) is 72.2 Å². The van der Waals surface area contributed by atoms with Crippen molar-refractivity contribution in [3.63, 3.8) is 0 Å². The number of nitrogens with one attached hydrogen (secondary N) is 1. The molecule has 4 nitrogen and oxygen atoms in total. The largest absolute Gasteiger partial charge is 0.398 e. The van der Waals surface area contributed by atoms with Gasteiger partial charge in [0.25, 0.3) is 0 Å². The molecule has 0 aliphatic carbocycles. The molecule has 5 heteroatoms. The van der Waals surface area contributed by atoms with E-state index in [1.807, 2.05) is 19.9 Å². The smallest absolute Gasteiger partial charge is 0.236 e. The number of carbonyl (C=O) groups excluding carboxylic acids is 1. The van der Waals surface area contributed by atoms with Crippen LogP contribution < -0.4 is 11.1 Å². The number of nitrogen functional groups attached to an aromatic ring is 1. The van der Waals surface area contributed by atoms with E-state index in [1.165, 1.54) is 0 Å². The molecule has 1 aromatic rings. The summed E-state index contributed by atoms with van der Waals surface area (Å²) < 4.78 is 11.5. The third kappa shape index (κ3) is 4.87. The number of rotatable bonds is 6. The molecule has 18 heavy (non-hydrogen) atoms. The zero-order valence-electron chi connectivity index (χ0n) is 10.9. The van der Waals surface area contributed by atoms with Gasteiger partial charge in [-0.2, -0.15) is 0 Å². The Kier molecular flexibility index (Phi) is 5.85. The maximum atomic E-state index is 11.6. The Hall–Kier alpha value is -1.36. The summed E-state index contributed by atoms with van der Waals surface area (Å²) in [6.07, 6.45) is 1.87. The summed E-state index contributed by atoms with van der Waals surface area (Å²) in [4.78, 5) is 11.6. The number of hydrogen-bond acceptors (Lipinski definition) is 3. The third-order valence-electron chi connectivity index (χ3n) is 2.58. The van der Waals surface area contributed by atoms with E-state index in [4.69, 9.17) is 5.73 Å². The van der Waals surface area contributed by atoms with Crippen molar-refractivity contribution in [3.8, 4) is 0 Å². The van der Waals surface area contributed by atoms with Crippen molar-refractivity contribution in [3.05, 3.63) is 23.8 Å². The van der Waals surface area contributed by atoms with E-state index in [-0.39, 0.29) is 11.7 Å². The summed E-state index contributed by atoms with van der Waals surface area (Å²) in [5.74, 6) is 0.404. The number of benzene rings is 1. The summed E-state index contributed by atoms with van der Waals surface area (Å²) in [6, 6.07) is 5.35. The van der Waals surface area contributed by atoms with Gasteiger partial charge in [0.05, 0.1) is 0 Å². The van der Waals surface area contributed by atoms with E-state index in [0.29, 0.717) is 17.1 Å². The van der Waals surface area contributed by atoms with Crippen molar-refractivity contribution in [1.82, 2.24) is 0 Å². The number of carbonyl (C=O) groups is 1. The fraction of sp³-hybridized carbons (Fsp3) is 0.462. The van der Waals surface area contributed by atoms with Crippen LogP contribution in [0, 0.1) is 6.92 Å². The normalized spacial score (nSPS) is 12.1. The van der Waals surface area contributed by atoms with Gasteiger partial charge in [0.15, 0.2) is 0 Å². The highest BCUT2D eigenvalue weighted by Gasteiger charge is 2.08. The second-order valence-corrected chi connectivity index (χ2v) is 5.84. The molecule has 0 aromatic heterocycles. The first-order valence-corrected chi connectivity index (χ1v) is 7.52. The fourth-order valence-corrected chi connectivity index (χ4v) is 2.56. The van der Waals surface area contributed by atoms with Crippen LogP contribution in [-0.2, 0) is 15.6 Å². The molecule has 1 unspecified atom stereocenters. The van der Waals surface area contributed by atoms with Crippen molar-refractivity contribution in [2.45, 2.75) is 26.7 Å². The number of unbranched alkanes of at least 4 members (excludes halogenated alkanes) is 1. The van der Waals surface area contributed by atoms with Crippen molar-refractivity contribution < 1.29 is 9.00 Å². The van der Waals surface area contributed by atoms with E-state index in [9.17, 15) is 9.00 Å². The lowest BCUT2D eigenvalue weighted by Crippen LogP contribution is -2.20. The Labute approximate surface area is 110 Å². The molecule has 1 rings (SSSR count). The average Bonchev–Trinajstić information content (AvgIpc) is 2.31. The molecular formula is C13H20N2O2S. The quantitative estimate of drug-likeness (QED) is 0.776. The first-order valence-electron chi connectivity index (χ1n) is 6.04. The Balaban J connectivity index is 2.49. The Morgan fingerprint density at radius 3 is 2.78 bits per heavy atom. The molecular weight excluding hydrogens is 248 g/mol. The number of aryl methyl sites for hydroxylation is 1. The van der Waals surface area contributed by atoms with Crippen molar-refractivity contribution in [2.75, 3.05) is 22.6 Å². The molecule has 0 fully saturated rings. The van der Waals surface area contributed by atoms with E-state index < -0.39 is 10.8 Å². The standard InChI is InChI=1S/C13H20N2O2S/c1-3-4-7-18(17)9-13(16)15-11-6-5-10(2)12(14)8-11/h5-6,8H,3-4,7,9,14H2,1-2H3,(H,15,16). The predicted octanol–water partition coefficient (Wildman–Crippen LogP) is 2.06. The second kappa shape index (κ2) is 7.16. The van der Waals surface area contributed by atoms with Gasteiger partial charge in [0, 0.05) is 27.9 Å². The minimum atomic E-state index is -1.08. The number of anilines is 2. The zero-order chi connectivity index (χ0) is 13.5. The molecule has 0 saturated heterocycles.